The normalized spacial score (nSPS) is 15.8. The molecule has 0 atom stereocenters. The number of carbonyl (C=O) groups excluding carboxylic acids is 1. The highest BCUT2D eigenvalue weighted by atomic mass is 35.5. The number of hydrogen-bond acceptors (Lipinski definition) is 2. The van der Waals surface area contributed by atoms with Crippen LogP contribution < -0.4 is 5.01 Å². The zero-order valence-electron chi connectivity index (χ0n) is 9.11. The molecule has 4 heteroatoms. The van der Waals surface area contributed by atoms with Crippen molar-refractivity contribution in [1.29, 1.82) is 0 Å². The van der Waals surface area contributed by atoms with Crippen LogP contribution in [-0.2, 0) is 4.79 Å². The standard InChI is InChI=1S/C12H13ClN2O/c1-9-7-14(10(2)16)15(8-9)12-5-3-4-11(13)6-12/h3-6H,1,7-8H2,2H3. The molecular formula is C12H13ClN2O. The van der Waals surface area contributed by atoms with E-state index in [1.807, 2.05) is 29.3 Å². The Hall–Kier alpha value is -1.48. The number of anilines is 1. The van der Waals surface area contributed by atoms with Crippen LogP contribution in [0.4, 0.5) is 5.69 Å². The lowest BCUT2D eigenvalue weighted by atomic mass is 10.3. The minimum absolute atomic E-state index is 0.0126. The molecule has 1 aliphatic rings. The van der Waals surface area contributed by atoms with Crippen LogP contribution in [-0.4, -0.2) is 24.0 Å². The van der Waals surface area contributed by atoms with Crippen molar-refractivity contribution in [2.45, 2.75) is 6.92 Å². The predicted octanol–water partition coefficient (Wildman–Crippen LogP) is 2.48. The molecule has 0 radical (unpaired) electrons. The summed E-state index contributed by atoms with van der Waals surface area (Å²) in [5, 5.41) is 4.24. The summed E-state index contributed by atoms with van der Waals surface area (Å²) in [6, 6.07) is 7.46. The SMILES string of the molecule is C=C1CN(C(C)=O)N(c2cccc(Cl)c2)C1. The van der Waals surface area contributed by atoms with Crippen LogP contribution >= 0.6 is 11.6 Å². The molecule has 1 aliphatic heterocycles. The Morgan fingerprint density at radius 3 is 2.81 bits per heavy atom. The molecule has 1 aromatic carbocycles. The summed E-state index contributed by atoms with van der Waals surface area (Å²) in [7, 11) is 0. The molecule has 3 nitrogen and oxygen atoms in total. The number of hydrazine groups is 1. The van der Waals surface area contributed by atoms with Crippen LogP contribution in [0.5, 0.6) is 0 Å². The van der Waals surface area contributed by atoms with Crippen LogP contribution in [0.3, 0.4) is 0 Å². The second kappa shape index (κ2) is 4.18. The molecule has 0 saturated carbocycles. The minimum atomic E-state index is 0.0126. The van der Waals surface area contributed by atoms with E-state index in [0.717, 1.165) is 11.3 Å². The summed E-state index contributed by atoms with van der Waals surface area (Å²) in [4.78, 5) is 11.5. The largest absolute Gasteiger partial charge is 0.279 e. The zero-order chi connectivity index (χ0) is 11.7. The summed E-state index contributed by atoms with van der Waals surface area (Å²) >= 11 is 5.93. The monoisotopic (exact) mass is 236 g/mol. The first-order chi connectivity index (χ1) is 7.58. The van der Waals surface area contributed by atoms with Gasteiger partial charge in [0, 0.05) is 11.9 Å². The molecule has 0 aliphatic carbocycles. The van der Waals surface area contributed by atoms with Crippen molar-refractivity contribution >= 4 is 23.2 Å². The first-order valence-electron chi connectivity index (χ1n) is 5.05. The van der Waals surface area contributed by atoms with Crippen LogP contribution in [0.15, 0.2) is 36.4 Å². The molecule has 1 heterocycles. The maximum absolute atomic E-state index is 11.5. The highest BCUT2D eigenvalue weighted by Crippen LogP contribution is 2.25. The Kier molecular flexibility index (Phi) is 2.88. The van der Waals surface area contributed by atoms with Gasteiger partial charge in [-0.1, -0.05) is 24.2 Å². The smallest absolute Gasteiger partial charge is 0.238 e. The lowest BCUT2D eigenvalue weighted by molar-refractivity contribution is -0.128. The first kappa shape index (κ1) is 11.0. The quantitative estimate of drug-likeness (QED) is 0.700. The number of carbonyl (C=O) groups is 1. The van der Waals surface area contributed by atoms with Crippen LogP contribution in [0, 0.1) is 0 Å². The number of nitrogens with zero attached hydrogens (tertiary/aromatic N) is 2. The Morgan fingerprint density at radius 1 is 1.44 bits per heavy atom. The highest BCUT2D eigenvalue weighted by molar-refractivity contribution is 6.30. The van der Waals surface area contributed by atoms with E-state index in [2.05, 4.69) is 6.58 Å². The van der Waals surface area contributed by atoms with Crippen molar-refractivity contribution in [3.63, 3.8) is 0 Å². The van der Waals surface area contributed by atoms with E-state index in [9.17, 15) is 4.79 Å². The maximum atomic E-state index is 11.5. The van der Waals surface area contributed by atoms with Gasteiger partial charge in [0.2, 0.25) is 5.91 Å². The molecule has 2 rings (SSSR count). The first-order valence-corrected chi connectivity index (χ1v) is 5.43. The summed E-state index contributed by atoms with van der Waals surface area (Å²) in [5.41, 5.74) is 1.94. The number of halogens is 1. The summed E-state index contributed by atoms with van der Waals surface area (Å²) in [5.74, 6) is 0.0126. The van der Waals surface area contributed by atoms with Gasteiger partial charge < -0.3 is 0 Å². The van der Waals surface area contributed by atoms with Crippen molar-refractivity contribution < 1.29 is 4.79 Å². The fourth-order valence-corrected chi connectivity index (χ4v) is 1.98. The lowest BCUT2D eigenvalue weighted by Crippen LogP contribution is -2.39. The van der Waals surface area contributed by atoms with Gasteiger partial charge in [-0.3, -0.25) is 9.80 Å². The topological polar surface area (TPSA) is 23.6 Å². The number of benzene rings is 1. The fraction of sp³-hybridized carbons (Fsp3) is 0.250. The van der Waals surface area contributed by atoms with Crippen LogP contribution in [0.1, 0.15) is 6.92 Å². The van der Waals surface area contributed by atoms with Crippen molar-refractivity contribution in [1.82, 2.24) is 5.01 Å². The third kappa shape index (κ3) is 2.04. The van der Waals surface area contributed by atoms with Crippen molar-refractivity contribution in [2.75, 3.05) is 18.1 Å². The number of hydrogen-bond donors (Lipinski definition) is 0. The molecule has 1 fully saturated rings. The van der Waals surface area contributed by atoms with Gasteiger partial charge >= 0.3 is 0 Å². The summed E-state index contributed by atoms with van der Waals surface area (Å²) in [6.07, 6.45) is 0. The highest BCUT2D eigenvalue weighted by Gasteiger charge is 2.26. The van der Waals surface area contributed by atoms with Crippen LogP contribution in [0.25, 0.3) is 0 Å². The molecule has 1 aromatic rings. The van der Waals surface area contributed by atoms with E-state index in [1.54, 1.807) is 11.9 Å². The van der Waals surface area contributed by atoms with Crippen molar-refractivity contribution in [3.8, 4) is 0 Å². The number of rotatable bonds is 1. The Bertz CT molecular complexity index is 444. The Morgan fingerprint density at radius 2 is 2.19 bits per heavy atom. The third-order valence-corrected chi connectivity index (χ3v) is 2.74. The molecule has 0 unspecified atom stereocenters. The maximum Gasteiger partial charge on any atom is 0.238 e. The Labute approximate surface area is 99.9 Å². The third-order valence-electron chi connectivity index (χ3n) is 2.51. The van der Waals surface area contributed by atoms with Crippen molar-refractivity contribution in [3.05, 3.63) is 41.4 Å². The average molecular weight is 237 g/mol. The van der Waals surface area contributed by atoms with E-state index in [0.29, 0.717) is 18.1 Å². The molecule has 1 amide bonds. The molecule has 16 heavy (non-hydrogen) atoms. The van der Waals surface area contributed by atoms with E-state index in [1.165, 1.54) is 0 Å². The zero-order valence-corrected chi connectivity index (χ0v) is 9.87. The molecule has 84 valence electrons. The van der Waals surface area contributed by atoms with E-state index >= 15 is 0 Å². The van der Waals surface area contributed by atoms with Crippen LogP contribution in [0.2, 0.25) is 5.02 Å². The van der Waals surface area contributed by atoms with Gasteiger partial charge in [-0.2, -0.15) is 0 Å². The summed E-state index contributed by atoms with van der Waals surface area (Å²) in [6.45, 7) is 6.72. The summed E-state index contributed by atoms with van der Waals surface area (Å²) < 4.78 is 0. The average Bonchev–Trinajstić information content (AvgIpc) is 2.60. The Balaban J connectivity index is 2.32. The molecule has 0 N–H and O–H groups in total. The molecule has 1 saturated heterocycles. The van der Waals surface area contributed by atoms with Gasteiger partial charge in [-0.25, -0.2) is 5.01 Å². The molecule has 0 bridgehead atoms. The van der Waals surface area contributed by atoms with Gasteiger partial charge in [0.25, 0.3) is 0 Å². The minimum Gasteiger partial charge on any atom is -0.279 e. The van der Waals surface area contributed by atoms with Gasteiger partial charge in [0.05, 0.1) is 18.8 Å². The van der Waals surface area contributed by atoms with Gasteiger partial charge in [-0.05, 0) is 23.8 Å². The molecule has 0 spiro atoms. The second-order valence-corrected chi connectivity index (χ2v) is 4.30. The van der Waals surface area contributed by atoms with E-state index < -0.39 is 0 Å². The lowest BCUT2D eigenvalue weighted by Gasteiger charge is -2.28. The van der Waals surface area contributed by atoms with Gasteiger partial charge in [0.1, 0.15) is 0 Å². The van der Waals surface area contributed by atoms with E-state index in [-0.39, 0.29) is 5.91 Å². The van der Waals surface area contributed by atoms with E-state index in [4.69, 9.17) is 11.6 Å². The fourth-order valence-electron chi connectivity index (χ4n) is 1.79. The van der Waals surface area contributed by atoms with Gasteiger partial charge in [-0.15, -0.1) is 0 Å². The molecular weight excluding hydrogens is 224 g/mol. The van der Waals surface area contributed by atoms with Crippen molar-refractivity contribution in [2.24, 2.45) is 0 Å². The number of amides is 1. The molecule has 0 aromatic heterocycles. The second-order valence-electron chi connectivity index (χ2n) is 3.86. The van der Waals surface area contributed by atoms with Gasteiger partial charge in [0.15, 0.2) is 0 Å². The predicted molar refractivity (Wildman–Crippen MR) is 65.3 cm³/mol.